The largest absolute Gasteiger partial charge is 0.339 e. The molecule has 0 spiro atoms. The number of amides is 1. The summed E-state index contributed by atoms with van der Waals surface area (Å²) in [5.74, 6) is 0.742. The number of nitrogens with one attached hydrogen (secondary N) is 1. The van der Waals surface area contributed by atoms with Gasteiger partial charge in [-0.1, -0.05) is 23.4 Å². The fourth-order valence-electron chi connectivity index (χ4n) is 2.55. The molecular weight excluding hydrogens is 330 g/mol. The molecule has 4 rings (SSSR count). The Morgan fingerprint density at radius 2 is 2.04 bits per heavy atom. The van der Waals surface area contributed by atoms with Gasteiger partial charge in [-0.2, -0.15) is 4.98 Å². The van der Waals surface area contributed by atoms with Crippen LogP contribution in [-0.4, -0.2) is 26.0 Å². The minimum Gasteiger partial charge on any atom is -0.339 e. The van der Waals surface area contributed by atoms with Gasteiger partial charge in [0, 0.05) is 36.2 Å². The number of para-hydroxylation sites is 1. The standard InChI is InChI=1S/C19H15N5O2/c25-17(22-15-10-13-4-1-2-6-16(13)21-12-15)7-8-18-23-19(24-26-18)14-5-3-9-20-11-14/h1-6,9-12H,7-8H2,(H,22,25). The highest BCUT2D eigenvalue weighted by Crippen LogP contribution is 2.17. The van der Waals surface area contributed by atoms with E-state index in [0.29, 0.717) is 23.8 Å². The predicted molar refractivity (Wildman–Crippen MR) is 96.2 cm³/mol. The molecule has 128 valence electrons. The van der Waals surface area contributed by atoms with Crippen molar-refractivity contribution >= 4 is 22.5 Å². The van der Waals surface area contributed by atoms with Gasteiger partial charge in [-0.25, -0.2) is 0 Å². The molecule has 0 saturated carbocycles. The number of rotatable bonds is 5. The summed E-state index contributed by atoms with van der Waals surface area (Å²) in [6.07, 6.45) is 5.58. The molecule has 0 aliphatic heterocycles. The first-order chi connectivity index (χ1) is 12.8. The molecule has 1 aromatic carbocycles. The summed E-state index contributed by atoms with van der Waals surface area (Å²) in [5, 5.41) is 7.73. The van der Waals surface area contributed by atoms with Crippen LogP contribution in [0.1, 0.15) is 12.3 Å². The lowest BCUT2D eigenvalue weighted by Gasteiger charge is -2.05. The highest BCUT2D eigenvalue weighted by molar-refractivity contribution is 5.93. The van der Waals surface area contributed by atoms with Crippen LogP contribution in [0.2, 0.25) is 0 Å². The van der Waals surface area contributed by atoms with E-state index in [4.69, 9.17) is 4.52 Å². The van der Waals surface area contributed by atoms with Crippen LogP contribution in [0.25, 0.3) is 22.3 Å². The summed E-state index contributed by atoms with van der Waals surface area (Å²) in [7, 11) is 0. The van der Waals surface area contributed by atoms with Gasteiger partial charge in [-0.15, -0.1) is 0 Å². The van der Waals surface area contributed by atoms with Gasteiger partial charge in [-0.3, -0.25) is 14.8 Å². The summed E-state index contributed by atoms with van der Waals surface area (Å²) >= 11 is 0. The maximum atomic E-state index is 12.2. The zero-order valence-electron chi connectivity index (χ0n) is 13.8. The van der Waals surface area contributed by atoms with E-state index in [0.717, 1.165) is 16.5 Å². The molecule has 3 aromatic heterocycles. The van der Waals surface area contributed by atoms with Gasteiger partial charge in [0.05, 0.1) is 17.4 Å². The zero-order valence-corrected chi connectivity index (χ0v) is 13.8. The molecule has 0 fully saturated rings. The van der Waals surface area contributed by atoms with E-state index >= 15 is 0 Å². The first kappa shape index (κ1) is 15.9. The Kier molecular flexibility index (Phi) is 4.34. The van der Waals surface area contributed by atoms with Gasteiger partial charge in [0.25, 0.3) is 0 Å². The molecule has 7 heteroatoms. The number of pyridine rings is 2. The number of carbonyl (C=O) groups is 1. The maximum absolute atomic E-state index is 12.2. The SMILES string of the molecule is O=C(CCc1nc(-c2cccnc2)no1)Nc1cnc2ccccc2c1. The van der Waals surface area contributed by atoms with Crippen molar-refractivity contribution in [1.29, 1.82) is 0 Å². The highest BCUT2D eigenvalue weighted by atomic mass is 16.5. The minimum absolute atomic E-state index is 0.136. The van der Waals surface area contributed by atoms with Crippen molar-refractivity contribution in [3.05, 3.63) is 66.9 Å². The van der Waals surface area contributed by atoms with Gasteiger partial charge < -0.3 is 9.84 Å². The quantitative estimate of drug-likeness (QED) is 0.597. The number of anilines is 1. The lowest BCUT2D eigenvalue weighted by atomic mass is 10.2. The Bertz CT molecular complexity index is 1050. The zero-order chi connectivity index (χ0) is 17.8. The second-order valence-corrected chi connectivity index (χ2v) is 5.72. The highest BCUT2D eigenvalue weighted by Gasteiger charge is 2.11. The molecular formula is C19H15N5O2. The molecule has 0 aliphatic rings. The normalized spacial score (nSPS) is 10.8. The monoisotopic (exact) mass is 345 g/mol. The Morgan fingerprint density at radius 3 is 2.92 bits per heavy atom. The van der Waals surface area contributed by atoms with Gasteiger partial charge in [0.2, 0.25) is 17.6 Å². The van der Waals surface area contributed by atoms with Crippen molar-refractivity contribution in [3.8, 4) is 11.4 Å². The minimum atomic E-state index is -0.136. The van der Waals surface area contributed by atoms with E-state index in [9.17, 15) is 4.79 Å². The second kappa shape index (κ2) is 7.10. The molecule has 3 heterocycles. The van der Waals surface area contributed by atoms with Crippen LogP contribution in [0.15, 0.2) is 65.6 Å². The molecule has 7 nitrogen and oxygen atoms in total. The molecule has 1 amide bonds. The van der Waals surface area contributed by atoms with Crippen LogP contribution >= 0.6 is 0 Å². The molecule has 4 aromatic rings. The summed E-state index contributed by atoms with van der Waals surface area (Å²) < 4.78 is 5.20. The molecule has 0 unspecified atom stereocenters. The first-order valence-corrected chi connectivity index (χ1v) is 8.15. The number of aromatic nitrogens is 4. The van der Waals surface area contributed by atoms with E-state index in [1.807, 2.05) is 36.4 Å². The van der Waals surface area contributed by atoms with Gasteiger partial charge >= 0.3 is 0 Å². The molecule has 0 bridgehead atoms. The van der Waals surface area contributed by atoms with E-state index in [-0.39, 0.29) is 12.3 Å². The molecule has 26 heavy (non-hydrogen) atoms. The van der Waals surface area contributed by atoms with Crippen LogP contribution in [0.3, 0.4) is 0 Å². The summed E-state index contributed by atoms with van der Waals surface area (Å²) in [6, 6.07) is 13.3. The first-order valence-electron chi connectivity index (χ1n) is 8.15. The van der Waals surface area contributed by atoms with Gasteiger partial charge in [0.1, 0.15) is 0 Å². The van der Waals surface area contributed by atoms with E-state index < -0.39 is 0 Å². The van der Waals surface area contributed by atoms with Crippen LogP contribution in [-0.2, 0) is 11.2 Å². The molecule has 0 atom stereocenters. The smallest absolute Gasteiger partial charge is 0.227 e. The average Bonchev–Trinajstić information content (AvgIpc) is 3.16. The van der Waals surface area contributed by atoms with E-state index in [1.165, 1.54) is 0 Å². The summed E-state index contributed by atoms with van der Waals surface area (Å²) in [6.45, 7) is 0. The number of fused-ring (bicyclic) bond motifs is 1. The Balaban J connectivity index is 1.37. The molecule has 0 radical (unpaired) electrons. The number of benzene rings is 1. The molecule has 1 N–H and O–H groups in total. The maximum Gasteiger partial charge on any atom is 0.227 e. The average molecular weight is 345 g/mol. The van der Waals surface area contributed by atoms with E-state index in [1.54, 1.807) is 24.7 Å². The third-order valence-electron chi connectivity index (χ3n) is 3.83. The fourth-order valence-corrected chi connectivity index (χ4v) is 2.55. The third-order valence-corrected chi connectivity index (χ3v) is 3.83. The number of hydrogen-bond donors (Lipinski definition) is 1. The number of hydrogen-bond acceptors (Lipinski definition) is 6. The summed E-state index contributed by atoms with van der Waals surface area (Å²) in [4.78, 5) is 24.8. The lowest BCUT2D eigenvalue weighted by Crippen LogP contribution is -2.12. The Hall–Kier alpha value is -3.61. The van der Waals surface area contributed by atoms with Crippen molar-refractivity contribution in [2.45, 2.75) is 12.8 Å². The fraction of sp³-hybridized carbons (Fsp3) is 0.105. The van der Waals surface area contributed by atoms with Crippen LogP contribution < -0.4 is 5.32 Å². The predicted octanol–water partition coefficient (Wildman–Crippen LogP) is 3.25. The summed E-state index contributed by atoms with van der Waals surface area (Å²) in [5.41, 5.74) is 2.32. The third kappa shape index (κ3) is 3.56. The Morgan fingerprint density at radius 1 is 1.12 bits per heavy atom. The van der Waals surface area contributed by atoms with E-state index in [2.05, 4.69) is 25.4 Å². The van der Waals surface area contributed by atoms with Crippen molar-refractivity contribution in [1.82, 2.24) is 20.1 Å². The van der Waals surface area contributed by atoms with Crippen molar-refractivity contribution in [2.75, 3.05) is 5.32 Å². The van der Waals surface area contributed by atoms with Crippen LogP contribution in [0, 0.1) is 0 Å². The van der Waals surface area contributed by atoms with Gasteiger partial charge in [-0.05, 0) is 24.3 Å². The van der Waals surface area contributed by atoms with Crippen molar-refractivity contribution in [3.63, 3.8) is 0 Å². The van der Waals surface area contributed by atoms with Crippen LogP contribution in [0.4, 0.5) is 5.69 Å². The van der Waals surface area contributed by atoms with Gasteiger partial charge in [0.15, 0.2) is 0 Å². The molecule has 0 saturated heterocycles. The Labute approximate surface area is 149 Å². The van der Waals surface area contributed by atoms with Crippen molar-refractivity contribution in [2.24, 2.45) is 0 Å². The topological polar surface area (TPSA) is 93.8 Å². The number of aryl methyl sites for hydroxylation is 1. The lowest BCUT2D eigenvalue weighted by molar-refractivity contribution is -0.116. The van der Waals surface area contributed by atoms with Crippen molar-refractivity contribution < 1.29 is 9.32 Å². The number of carbonyl (C=O) groups excluding carboxylic acids is 1. The van der Waals surface area contributed by atoms with Crippen LogP contribution in [0.5, 0.6) is 0 Å². The second-order valence-electron chi connectivity index (χ2n) is 5.72. The number of nitrogens with zero attached hydrogens (tertiary/aromatic N) is 4. The molecule has 0 aliphatic carbocycles.